The highest BCUT2D eigenvalue weighted by Gasteiger charge is 2.41. The third-order valence-corrected chi connectivity index (χ3v) is 6.34. The highest BCUT2D eigenvalue weighted by atomic mass is 35.5. The molecule has 2 N–H and O–H groups in total. The minimum Gasteiger partial charge on any atom is -0.493 e. The molecule has 152 valence electrons. The molecule has 2 aromatic rings. The Hall–Kier alpha value is -1.78. The van der Waals surface area contributed by atoms with Crippen molar-refractivity contribution in [3.05, 3.63) is 42.5 Å². The largest absolute Gasteiger partial charge is 0.493 e. The summed E-state index contributed by atoms with van der Waals surface area (Å²) < 4.78 is 6.14. The summed E-state index contributed by atoms with van der Waals surface area (Å²) in [5, 5.41) is 21.4. The number of carboxylic acids is 1. The van der Waals surface area contributed by atoms with Gasteiger partial charge in [-0.2, -0.15) is 0 Å². The van der Waals surface area contributed by atoms with Gasteiger partial charge in [-0.3, -0.25) is 4.79 Å². The number of aliphatic hydroxyl groups excluding tert-OH is 1. The predicted molar refractivity (Wildman–Crippen MR) is 112 cm³/mol. The van der Waals surface area contributed by atoms with Crippen LogP contribution >= 0.6 is 11.6 Å². The van der Waals surface area contributed by atoms with E-state index < -0.39 is 12.1 Å². The lowest BCUT2D eigenvalue weighted by atomic mass is 9.90. The molecule has 0 aromatic heterocycles. The maximum absolute atomic E-state index is 10.6. The van der Waals surface area contributed by atoms with Gasteiger partial charge in [0, 0.05) is 23.1 Å². The SMILES string of the molecule is O=C(O)CCCCCC[C@@H]1[C@@H](COc2cccc3ccccc23)[C@H](O)C[C@H]1Cl. The standard InChI is InChI=1S/C23H29ClO4/c24-20-14-21(25)19(18(20)11-3-1-2-4-13-23(26)27)15-28-22-12-7-9-16-8-5-6-10-17(16)22/h5-10,12,18-21,25H,1-4,11,13-15H2,(H,26,27)/t18-,19-,20-,21-/m1/s1. The fourth-order valence-corrected chi connectivity index (χ4v) is 4.78. The third-order valence-electron chi connectivity index (χ3n) is 5.83. The molecule has 4 nitrogen and oxygen atoms in total. The van der Waals surface area contributed by atoms with Crippen molar-refractivity contribution in [3.63, 3.8) is 0 Å². The predicted octanol–water partition coefficient (Wildman–Crippen LogP) is 5.25. The quantitative estimate of drug-likeness (QED) is 0.419. The normalized spacial score (nSPS) is 24.5. The van der Waals surface area contributed by atoms with E-state index in [2.05, 4.69) is 18.2 Å². The van der Waals surface area contributed by atoms with Gasteiger partial charge in [0.1, 0.15) is 5.75 Å². The zero-order valence-electron chi connectivity index (χ0n) is 16.1. The molecule has 0 amide bonds. The lowest BCUT2D eigenvalue weighted by Crippen LogP contribution is -2.27. The molecule has 1 fully saturated rings. The average Bonchev–Trinajstić information content (AvgIpc) is 2.95. The van der Waals surface area contributed by atoms with Gasteiger partial charge >= 0.3 is 5.97 Å². The lowest BCUT2D eigenvalue weighted by molar-refractivity contribution is -0.137. The maximum atomic E-state index is 10.6. The summed E-state index contributed by atoms with van der Waals surface area (Å²) in [5.74, 6) is 0.368. The van der Waals surface area contributed by atoms with Crippen molar-refractivity contribution in [2.75, 3.05) is 6.61 Å². The molecule has 0 spiro atoms. The summed E-state index contributed by atoms with van der Waals surface area (Å²) in [5.41, 5.74) is 0. The Morgan fingerprint density at radius 2 is 1.79 bits per heavy atom. The number of fused-ring (bicyclic) bond motifs is 1. The van der Waals surface area contributed by atoms with Crippen LogP contribution in [0, 0.1) is 11.8 Å². The molecular formula is C23H29ClO4. The van der Waals surface area contributed by atoms with Crippen LogP contribution < -0.4 is 4.74 Å². The minimum absolute atomic E-state index is 0.0282. The second-order valence-corrected chi connectivity index (χ2v) is 8.34. The van der Waals surface area contributed by atoms with Crippen molar-refractivity contribution in [1.82, 2.24) is 0 Å². The van der Waals surface area contributed by atoms with Crippen molar-refractivity contribution >= 4 is 28.3 Å². The van der Waals surface area contributed by atoms with Crippen LogP contribution in [0.15, 0.2) is 42.5 Å². The third kappa shape index (κ3) is 5.39. The van der Waals surface area contributed by atoms with Crippen molar-refractivity contribution in [1.29, 1.82) is 0 Å². The number of carboxylic acid groups (broad SMARTS) is 1. The van der Waals surface area contributed by atoms with E-state index in [4.69, 9.17) is 21.4 Å². The van der Waals surface area contributed by atoms with Crippen LogP contribution in [0.2, 0.25) is 0 Å². The molecule has 0 aliphatic heterocycles. The topological polar surface area (TPSA) is 66.8 Å². The van der Waals surface area contributed by atoms with Crippen LogP contribution in [0.5, 0.6) is 5.75 Å². The Bertz CT molecular complexity index is 773. The van der Waals surface area contributed by atoms with Gasteiger partial charge in [-0.15, -0.1) is 11.6 Å². The monoisotopic (exact) mass is 404 g/mol. The van der Waals surface area contributed by atoms with Gasteiger partial charge < -0.3 is 14.9 Å². The summed E-state index contributed by atoms with van der Waals surface area (Å²) in [6.07, 6.45) is 5.00. The number of aliphatic hydroxyl groups is 1. The summed E-state index contributed by atoms with van der Waals surface area (Å²) in [4.78, 5) is 10.6. The number of unbranched alkanes of at least 4 members (excludes halogenated alkanes) is 3. The summed E-state index contributed by atoms with van der Waals surface area (Å²) >= 11 is 6.53. The van der Waals surface area contributed by atoms with Crippen LogP contribution in [-0.4, -0.2) is 34.3 Å². The highest BCUT2D eigenvalue weighted by molar-refractivity contribution is 6.21. The number of alkyl halides is 1. The van der Waals surface area contributed by atoms with E-state index in [-0.39, 0.29) is 23.6 Å². The molecule has 0 bridgehead atoms. The van der Waals surface area contributed by atoms with E-state index in [1.807, 2.05) is 24.3 Å². The van der Waals surface area contributed by atoms with E-state index in [0.717, 1.165) is 48.6 Å². The van der Waals surface area contributed by atoms with Gasteiger partial charge in [-0.1, -0.05) is 55.7 Å². The highest BCUT2D eigenvalue weighted by Crippen LogP contribution is 2.40. The van der Waals surface area contributed by atoms with Gasteiger partial charge in [-0.05, 0) is 36.6 Å². The molecular weight excluding hydrogens is 376 g/mol. The lowest BCUT2D eigenvalue weighted by Gasteiger charge is -2.24. The van der Waals surface area contributed by atoms with Crippen LogP contribution in [0.3, 0.4) is 0 Å². The van der Waals surface area contributed by atoms with Gasteiger partial charge in [0.2, 0.25) is 0 Å². The number of carbonyl (C=O) groups is 1. The minimum atomic E-state index is -0.731. The van der Waals surface area contributed by atoms with Gasteiger partial charge in [0.25, 0.3) is 0 Å². The first-order valence-corrected chi connectivity index (χ1v) is 10.6. The average molecular weight is 405 g/mol. The number of benzene rings is 2. The number of halogens is 1. The van der Waals surface area contributed by atoms with Gasteiger partial charge in [0.05, 0.1) is 12.7 Å². The molecule has 3 rings (SSSR count). The zero-order valence-corrected chi connectivity index (χ0v) is 16.9. The fraction of sp³-hybridized carbons (Fsp3) is 0.522. The number of hydrogen-bond donors (Lipinski definition) is 2. The first-order valence-electron chi connectivity index (χ1n) is 10.2. The van der Waals surface area contributed by atoms with Crippen molar-refractivity contribution in [3.8, 4) is 5.75 Å². The first kappa shape index (κ1) is 20.9. The molecule has 1 saturated carbocycles. The number of aliphatic carboxylic acids is 1. The first-order chi connectivity index (χ1) is 13.6. The Labute approximate surface area is 171 Å². The van der Waals surface area contributed by atoms with E-state index in [9.17, 15) is 9.90 Å². The van der Waals surface area contributed by atoms with Crippen LogP contribution in [0.1, 0.15) is 44.9 Å². The Balaban J connectivity index is 1.54. The van der Waals surface area contributed by atoms with Crippen molar-refractivity contribution in [2.45, 2.75) is 56.4 Å². The molecule has 0 radical (unpaired) electrons. The zero-order chi connectivity index (χ0) is 19.9. The summed E-state index contributed by atoms with van der Waals surface area (Å²) in [7, 11) is 0. The van der Waals surface area contributed by atoms with E-state index >= 15 is 0 Å². The molecule has 0 saturated heterocycles. The molecule has 1 aliphatic carbocycles. The Kier molecular flexibility index (Phi) is 7.57. The smallest absolute Gasteiger partial charge is 0.303 e. The summed E-state index contributed by atoms with van der Waals surface area (Å²) in [6, 6.07) is 14.2. The van der Waals surface area contributed by atoms with Crippen molar-refractivity contribution in [2.24, 2.45) is 11.8 Å². The van der Waals surface area contributed by atoms with Crippen molar-refractivity contribution < 1.29 is 19.7 Å². The molecule has 2 aromatic carbocycles. The van der Waals surface area contributed by atoms with E-state index in [0.29, 0.717) is 13.0 Å². The summed E-state index contributed by atoms with van der Waals surface area (Å²) in [6.45, 7) is 0.460. The van der Waals surface area contributed by atoms with Gasteiger partial charge in [0.15, 0.2) is 0 Å². The fourth-order valence-electron chi connectivity index (χ4n) is 4.28. The molecule has 4 atom stereocenters. The molecule has 0 heterocycles. The van der Waals surface area contributed by atoms with E-state index in [1.54, 1.807) is 0 Å². The molecule has 28 heavy (non-hydrogen) atoms. The molecule has 1 aliphatic rings. The number of hydrogen-bond acceptors (Lipinski definition) is 3. The Morgan fingerprint density at radius 3 is 2.61 bits per heavy atom. The van der Waals surface area contributed by atoms with Gasteiger partial charge in [-0.25, -0.2) is 0 Å². The second-order valence-electron chi connectivity index (χ2n) is 7.78. The Morgan fingerprint density at radius 1 is 1.04 bits per heavy atom. The van der Waals surface area contributed by atoms with Crippen LogP contribution in [0.4, 0.5) is 0 Å². The maximum Gasteiger partial charge on any atom is 0.303 e. The van der Waals surface area contributed by atoms with E-state index in [1.165, 1.54) is 0 Å². The number of rotatable bonds is 10. The van der Waals surface area contributed by atoms with Crippen LogP contribution in [0.25, 0.3) is 10.8 Å². The second kappa shape index (κ2) is 10.1. The molecule has 5 heteroatoms. The van der Waals surface area contributed by atoms with Crippen LogP contribution in [-0.2, 0) is 4.79 Å². The number of ether oxygens (including phenoxy) is 1. The molecule has 0 unspecified atom stereocenters.